The van der Waals surface area contributed by atoms with Crippen LogP contribution in [0.2, 0.25) is 0 Å². The van der Waals surface area contributed by atoms with Crippen molar-refractivity contribution in [2.75, 3.05) is 6.61 Å². The van der Waals surface area contributed by atoms with Crippen LogP contribution in [0.5, 0.6) is 0 Å². The molecule has 0 saturated heterocycles. The number of amides is 1. The Bertz CT molecular complexity index is 725. The summed E-state index contributed by atoms with van der Waals surface area (Å²) < 4.78 is 41.0. The maximum absolute atomic E-state index is 12.1. The number of carbonyl (C=O) groups excluding carboxylic acids is 1. The lowest BCUT2D eigenvalue weighted by Gasteiger charge is -2.34. The number of allylic oxidation sites excluding steroid dienone is 2. The molecule has 27 heavy (non-hydrogen) atoms. The van der Waals surface area contributed by atoms with E-state index in [1.165, 1.54) is 0 Å². The lowest BCUT2D eigenvalue weighted by atomic mass is 10.1. The van der Waals surface area contributed by atoms with Crippen LogP contribution in [-0.2, 0) is 22.7 Å². The van der Waals surface area contributed by atoms with E-state index in [1.807, 2.05) is 30.0 Å². The van der Waals surface area contributed by atoms with Crippen molar-refractivity contribution in [1.82, 2.24) is 10.2 Å². The smallest absolute Gasteiger partial charge is 0.367 e. The summed E-state index contributed by atoms with van der Waals surface area (Å²) in [7, 11) is 0. The lowest BCUT2D eigenvalue weighted by Crippen LogP contribution is -2.47. The molecule has 146 valence electrons. The molecule has 1 aliphatic carbocycles. The Morgan fingerprint density at radius 3 is 2.56 bits per heavy atom. The Labute approximate surface area is 155 Å². The van der Waals surface area contributed by atoms with Gasteiger partial charge in [0.15, 0.2) is 6.29 Å². The van der Waals surface area contributed by atoms with Gasteiger partial charge in [0.05, 0.1) is 6.61 Å². The number of ether oxygens (including phenoxy) is 1. The number of hydrogen-bond acceptors (Lipinski definition) is 4. The predicted octanol–water partition coefficient (Wildman–Crippen LogP) is 3.37. The molecule has 2 aliphatic rings. The fourth-order valence-electron chi connectivity index (χ4n) is 2.74. The number of benzene rings is 1. The van der Waals surface area contributed by atoms with Crippen molar-refractivity contribution in [1.29, 1.82) is 0 Å². The molecule has 0 radical (unpaired) electrons. The first kappa shape index (κ1) is 19.4. The van der Waals surface area contributed by atoms with E-state index in [2.05, 4.69) is 15.0 Å². The summed E-state index contributed by atoms with van der Waals surface area (Å²) >= 11 is 0. The fraction of sp³-hybridized carbons (Fsp3) is 0.474. The molecular formula is C19H22F3N3O2. The average molecular weight is 381 g/mol. The van der Waals surface area contributed by atoms with Gasteiger partial charge in [-0.15, -0.1) is 0 Å². The maximum atomic E-state index is 12.1. The van der Waals surface area contributed by atoms with Gasteiger partial charge < -0.3 is 15.0 Å². The van der Waals surface area contributed by atoms with Gasteiger partial charge in [-0.05, 0) is 37.0 Å². The van der Waals surface area contributed by atoms with Crippen molar-refractivity contribution in [3.05, 3.63) is 47.2 Å². The molecule has 1 aromatic carbocycles. The molecule has 1 aliphatic heterocycles. The van der Waals surface area contributed by atoms with Crippen LogP contribution in [0.1, 0.15) is 30.9 Å². The Balaban J connectivity index is 1.57. The summed E-state index contributed by atoms with van der Waals surface area (Å²) in [5.74, 6) is 0.123. The summed E-state index contributed by atoms with van der Waals surface area (Å²) in [5.41, 5.74) is 2.61. The number of carbonyl (C=O) groups is 1. The van der Waals surface area contributed by atoms with E-state index < -0.39 is 19.1 Å². The SMILES string of the molecule is CC1=CC=NC(NC(=O)C2CC2)N1Cc1ccc(COCC(F)(F)F)cc1. The summed E-state index contributed by atoms with van der Waals surface area (Å²) in [6, 6.07) is 7.18. The molecule has 5 nitrogen and oxygen atoms in total. The average Bonchev–Trinajstić information content (AvgIpc) is 3.43. The van der Waals surface area contributed by atoms with E-state index in [4.69, 9.17) is 0 Å². The highest BCUT2D eigenvalue weighted by Crippen LogP contribution is 2.29. The van der Waals surface area contributed by atoms with Crippen molar-refractivity contribution in [3.8, 4) is 0 Å². The van der Waals surface area contributed by atoms with Crippen molar-refractivity contribution < 1.29 is 22.7 Å². The first-order valence-corrected chi connectivity index (χ1v) is 8.81. The molecule has 1 fully saturated rings. The molecule has 8 heteroatoms. The minimum Gasteiger partial charge on any atom is -0.367 e. The second-order valence-electron chi connectivity index (χ2n) is 6.82. The van der Waals surface area contributed by atoms with E-state index in [9.17, 15) is 18.0 Å². The van der Waals surface area contributed by atoms with Gasteiger partial charge in [-0.3, -0.25) is 4.79 Å². The number of hydrogen-bond donors (Lipinski definition) is 1. The lowest BCUT2D eigenvalue weighted by molar-refractivity contribution is -0.176. The van der Waals surface area contributed by atoms with Crippen molar-refractivity contribution in [3.63, 3.8) is 0 Å². The van der Waals surface area contributed by atoms with Crippen LogP contribution < -0.4 is 5.32 Å². The Kier molecular flexibility index (Phi) is 5.84. The van der Waals surface area contributed by atoms with E-state index in [0.29, 0.717) is 12.1 Å². The third-order valence-corrected chi connectivity index (χ3v) is 4.42. The molecule has 0 spiro atoms. The minimum atomic E-state index is -4.32. The van der Waals surface area contributed by atoms with Gasteiger partial charge in [-0.2, -0.15) is 13.2 Å². The zero-order chi connectivity index (χ0) is 19.4. The van der Waals surface area contributed by atoms with Crippen LogP contribution in [-0.4, -0.2) is 36.1 Å². The minimum absolute atomic E-state index is 0.0222. The third-order valence-electron chi connectivity index (χ3n) is 4.42. The van der Waals surface area contributed by atoms with Crippen molar-refractivity contribution in [2.45, 2.75) is 45.4 Å². The Hall–Kier alpha value is -2.35. The number of nitrogens with zero attached hydrogens (tertiary/aromatic N) is 2. The molecule has 1 heterocycles. The van der Waals surface area contributed by atoms with Gasteiger partial charge in [0.1, 0.15) is 6.61 Å². The normalized spacial score (nSPS) is 19.8. The van der Waals surface area contributed by atoms with E-state index in [0.717, 1.165) is 24.1 Å². The summed E-state index contributed by atoms with van der Waals surface area (Å²) in [4.78, 5) is 18.4. The van der Waals surface area contributed by atoms with Crippen LogP contribution in [0.4, 0.5) is 13.2 Å². The zero-order valence-corrected chi connectivity index (χ0v) is 15.0. The highest BCUT2D eigenvalue weighted by Gasteiger charge is 2.32. The largest absolute Gasteiger partial charge is 0.411 e. The van der Waals surface area contributed by atoms with Gasteiger partial charge >= 0.3 is 6.18 Å². The molecule has 1 amide bonds. The second-order valence-corrected chi connectivity index (χ2v) is 6.82. The second kappa shape index (κ2) is 8.12. The number of rotatable bonds is 7. The molecule has 0 aromatic heterocycles. The first-order valence-electron chi connectivity index (χ1n) is 8.81. The third kappa shape index (κ3) is 5.82. The van der Waals surface area contributed by atoms with E-state index >= 15 is 0 Å². The van der Waals surface area contributed by atoms with Crippen molar-refractivity contribution >= 4 is 12.1 Å². The maximum Gasteiger partial charge on any atom is 0.411 e. The van der Waals surface area contributed by atoms with Gasteiger partial charge in [-0.25, -0.2) is 4.99 Å². The van der Waals surface area contributed by atoms with Gasteiger partial charge in [0, 0.05) is 24.4 Å². The van der Waals surface area contributed by atoms with Crippen LogP contribution >= 0.6 is 0 Å². The first-order chi connectivity index (χ1) is 12.8. The standard InChI is InChI=1S/C19H22F3N3O2/c1-13-8-9-23-18(24-17(26)16-6-7-16)25(13)10-14-2-4-15(5-3-14)11-27-12-19(20,21)22/h2-5,8-9,16,18H,6-7,10-12H2,1H3,(H,24,26). The number of alkyl halides is 3. The van der Waals surface area contributed by atoms with Gasteiger partial charge in [0.25, 0.3) is 0 Å². The van der Waals surface area contributed by atoms with E-state index in [-0.39, 0.29) is 18.4 Å². The Morgan fingerprint density at radius 1 is 1.26 bits per heavy atom. The molecular weight excluding hydrogens is 359 g/mol. The van der Waals surface area contributed by atoms with Gasteiger partial charge in [0.2, 0.25) is 5.91 Å². The quantitative estimate of drug-likeness (QED) is 0.788. The summed E-state index contributed by atoms with van der Waals surface area (Å²) in [6.45, 7) is 1.12. The molecule has 1 aromatic rings. The molecule has 3 rings (SSSR count). The van der Waals surface area contributed by atoms with Crippen LogP contribution in [0.3, 0.4) is 0 Å². The number of aliphatic imine (C=N–C) groups is 1. The van der Waals surface area contributed by atoms with Crippen molar-refractivity contribution in [2.24, 2.45) is 10.9 Å². The highest BCUT2D eigenvalue weighted by atomic mass is 19.4. The topological polar surface area (TPSA) is 53.9 Å². The summed E-state index contributed by atoms with van der Waals surface area (Å²) in [6.07, 6.45) is 0.643. The fourth-order valence-corrected chi connectivity index (χ4v) is 2.74. The van der Waals surface area contributed by atoms with E-state index in [1.54, 1.807) is 18.3 Å². The number of nitrogens with one attached hydrogen (secondary N) is 1. The van der Waals surface area contributed by atoms with Gasteiger partial charge in [-0.1, -0.05) is 24.3 Å². The number of halogens is 3. The predicted molar refractivity (Wildman–Crippen MR) is 94.6 cm³/mol. The van der Waals surface area contributed by atoms with Crippen LogP contribution in [0.25, 0.3) is 0 Å². The zero-order valence-electron chi connectivity index (χ0n) is 15.0. The molecule has 0 bridgehead atoms. The Morgan fingerprint density at radius 2 is 1.93 bits per heavy atom. The highest BCUT2D eigenvalue weighted by molar-refractivity contribution is 5.81. The van der Waals surface area contributed by atoms with Crippen LogP contribution in [0, 0.1) is 5.92 Å². The molecule has 1 N–H and O–H groups in total. The van der Waals surface area contributed by atoms with Crippen LogP contribution in [0.15, 0.2) is 41.0 Å². The molecule has 1 saturated carbocycles. The summed E-state index contributed by atoms with van der Waals surface area (Å²) in [5, 5.41) is 2.96. The molecule has 1 unspecified atom stereocenters. The molecule has 1 atom stereocenters. The monoisotopic (exact) mass is 381 g/mol.